The quantitative estimate of drug-likeness (QED) is 0.755. The Morgan fingerprint density at radius 2 is 1.84 bits per heavy atom. The van der Waals surface area contributed by atoms with Crippen LogP contribution in [-0.2, 0) is 10.0 Å². The van der Waals surface area contributed by atoms with Crippen molar-refractivity contribution in [2.45, 2.75) is 56.2 Å². The Bertz CT molecular complexity index is 360. The molecule has 2 fully saturated rings. The lowest BCUT2D eigenvalue weighted by Gasteiger charge is -2.30. The van der Waals surface area contributed by atoms with Crippen LogP contribution in [0.3, 0.4) is 0 Å². The minimum absolute atomic E-state index is 0.0985. The molecule has 5 nitrogen and oxygen atoms in total. The minimum Gasteiger partial charge on any atom is -0.395 e. The lowest BCUT2D eigenvalue weighted by atomic mass is 10.0. The first-order chi connectivity index (χ1) is 9.14. The van der Waals surface area contributed by atoms with Crippen molar-refractivity contribution in [1.82, 2.24) is 9.62 Å². The molecule has 0 spiro atoms. The van der Waals surface area contributed by atoms with Gasteiger partial charge in [0.2, 0.25) is 10.0 Å². The molecule has 0 amide bonds. The molecular weight excluding hydrogens is 264 g/mol. The van der Waals surface area contributed by atoms with Crippen LogP contribution in [0.25, 0.3) is 0 Å². The molecule has 1 aliphatic heterocycles. The topological polar surface area (TPSA) is 69.6 Å². The van der Waals surface area contributed by atoms with Gasteiger partial charge in [0.05, 0.1) is 11.9 Å². The molecule has 0 bridgehead atoms. The van der Waals surface area contributed by atoms with Crippen molar-refractivity contribution in [3.63, 3.8) is 0 Å². The van der Waals surface area contributed by atoms with Gasteiger partial charge < -0.3 is 10.4 Å². The van der Waals surface area contributed by atoms with Gasteiger partial charge >= 0.3 is 0 Å². The van der Waals surface area contributed by atoms with E-state index < -0.39 is 10.0 Å². The van der Waals surface area contributed by atoms with E-state index in [4.69, 9.17) is 5.11 Å². The number of hydrogen-bond acceptors (Lipinski definition) is 4. The van der Waals surface area contributed by atoms with Crippen molar-refractivity contribution in [2.75, 3.05) is 26.2 Å². The summed E-state index contributed by atoms with van der Waals surface area (Å²) < 4.78 is 26.8. The van der Waals surface area contributed by atoms with Crippen molar-refractivity contribution in [2.24, 2.45) is 0 Å². The van der Waals surface area contributed by atoms with Gasteiger partial charge in [0.1, 0.15) is 0 Å². The molecule has 2 aliphatic rings. The second-order valence-electron chi connectivity index (χ2n) is 5.68. The molecule has 2 N–H and O–H groups in total. The molecule has 1 heterocycles. The lowest BCUT2D eigenvalue weighted by Crippen LogP contribution is -2.46. The maximum absolute atomic E-state index is 12.7. The van der Waals surface area contributed by atoms with Gasteiger partial charge in [-0.3, -0.25) is 0 Å². The zero-order valence-electron chi connectivity index (χ0n) is 11.6. The van der Waals surface area contributed by atoms with E-state index in [1.807, 2.05) is 0 Å². The molecule has 19 heavy (non-hydrogen) atoms. The maximum atomic E-state index is 12.7. The summed E-state index contributed by atoms with van der Waals surface area (Å²) >= 11 is 0. The minimum atomic E-state index is -3.24. The molecule has 6 heteroatoms. The highest BCUT2D eigenvalue weighted by atomic mass is 32.2. The highest BCUT2D eigenvalue weighted by Crippen LogP contribution is 2.26. The van der Waals surface area contributed by atoms with Gasteiger partial charge in [-0.2, -0.15) is 4.31 Å². The summed E-state index contributed by atoms with van der Waals surface area (Å²) in [5.41, 5.74) is 0. The summed E-state index contributed by atoms with van der Waals surface area (Å²) in [6.45, 7) is 1.62. The largest absolute Gasteiger partial charge is 0.395 e. The van der Waals surface area contributed by atoms with Crippen LogP contribution in [0, 0.1) is 0 Å². The van der Waals surface area contributed by atoms with E-state index in [9.17, 15) is 8.42 Å². The van der Waals surface area contributed by atoms with Crippen molar-refractivity contribution in [3.05, 3.63) is 0 Å². The second-order valence-corrected chi connectivity index (χ2v) is 7.89. The number of rotatable bonds is 6. The van der Waals surface area contributed by atoms with Crippen LogP contribution in [0.1, 0.15) is 44.9 Å². The fourth-order valence-corrected chi connectivity index (χ4v) is 5.24. The summed E-state index contributed by atoms with van der Waals surface area (Å²) in [6, 6.07) is 0.255. The van der Waals surface area contributed by atoms with Crippen LogP contribution < -0.4 is 5.32 Å². The summed E-state index contributed by atoms with van der Waals surface area (Å²) in [7, 11) is -3.24. The van der Waals surface area contributed by atoms with E-state index in [1.54, 1.807) is 0 Å². The zero-order valence-corrected chi connectivity index (χ0v) is 12.4. The van der Waals surface area contributed by atoms with Crippen molar-refractivity contribution in [3.8, 4) is 0 Å². The van der Waals surface area contributed by atoms with Gasteiger partial charge in [-0.05, 0) is 32.2 Å². The number of nitrogens with one attached hydrogen (secondary N) is 1. The van der Waals surface area contributed by atoms with Crippen LogP contribution in [0.2, 0.25) is 0 Å². The number of aliphatic hydroxyl groups is 1. The molecule has 0 aromatic rings. The normalized spacial score (nSPS) is 26.1. The lowest BCUT2D eigenvalue weighted by molar-refractivity contribution is 0.244. The molecule has 2 rings (SSSR count). The SMILES string of the molecule is O=S(=O)(C1CCCCC1)N(CCO)CC1CCCN1. The highest BCUT2D eigenvalue weighted by Gasteiger charge is 2.34. The average Bonchev–Trinajstić information content (AvgIpc) is 2.92. The van der Waals surface area contributed by atoms with Gasteiger partial charge in [0, 0.05) is 19.1 Å². The van der Waals surface area contributed by atoms with E-state index in [1.165, 1.54) is 4.31 Å². The molecule has 1 saturated heterocycles. The van der Waals surface area contributed by atoms with Crippen LogP contribution in [0.4, 0.5) is 0 Å². The Morgan fingerprint density at radius 1 is 1.11 bits per heavy atom. The second kappa shape index (κ2) is 7.02. The molecule has 112 valence electrons. The Hall–Kier alpha value is -0.170. The van der Waals surface area contributed by atoms with Crippen molar-refractivity contribution in [1.29, 1.82) is 0 Å². The van der Waals surface area contributed by atoms with E-state index >= 15 is 0 Å². The smallest absolute Gasteiger partial charge is 0.217 e. The van der Waals surface area contributed by atoms with Gasteiger partial charge in [-0.1, -0.05) is 19.3 Å². The van der Waals surface area contributed by atoms with Crippen molar-refractivity contribution >= 4 is 10.0 Å². The predicted octanol–water partition coefficient (Wildman–Crippen LogP) is 0.695. The third-order valence-corrected chi connectivity index (χ3v) is 6.63. The Kier molecular flexibility index (Phi) is 5.62. The first-order valence-electron chi connectivity index (χ1n) is 7.48. The van der Waals surface area contributed by atoms with E-state index in [0.717, 1.165) is 51.5 Å². The third kappa shape index (κ3) is 3.90. The Balaban J connectivity index is 2.02. The summed E-state index contributed by atoms with van der Waals surface area (Å²) in [6.07, 6.45) is 6.88. The van der Waals surface area contributed by atoms with E-state index in [0.29, 0.717) is 6.54 Å². The molecule has 1 aliphatic carbocycles. The third-order valence-electron chi connectivity index (χ3n) is 4.27. The van der Waals surface area contributed by atoms with Gasteiger partial charge in [0.25, 0.3) is 0 Å². The number of aliphatic hydroxyl groups excluding tert-OH is 1. The standard InChI is InChI=1S/C13H26N2O3S/c16-10-9-15(11-12-5-4-8-14-12)19(17,18)13-6-2-1-3-7-13/h12-14,16H,1-11H2. The van der Waals surface area contributed by atoms with Gasteiger partial charge in [-0.25, -0.2) is 8.42 Å². The number of sulfonamides is 1. The molecule has 0 radical (unpaired) electrons. The molecule has 0 aromatic carbocycles. The average molecular weight is 290 g/mol. The van der Waals surface area contributed by atoms with Crippen LogP contribution in [0.5, 0.6) is 0 Å². The van der Waals surface area contributed by atoms with E-state index in [2.05, 4.69) is 5.32 Å². The van der Waals surface area contributed by atoms with Crippen LogP contribution in [-0.4, -0.2) is 55.4 Å². The fraction of sp³-hybridized carbons (Fsp3) is 1.00. The summed E-state index contributed by atoms with van der Waals surface area (Å²) in [5.74, 6) is 0. The summed E-state index contributed by atoms with van der Waals surface area (Å²) in [5, 5.41) is 12.3. The highest BCUT2D eigenvalue weighted by molar-refractivity contribution is 7.89. The summed E-state index contributed by atoms with van der Waals surface area (Å²) in [4.78, 5) is 0. The van der Waals surface area contributed by atoms with Gasteiger partial charge in [-0.15, -0.1) is 0 Å². The Labute approximate surface area is 116 Å². The monoisotopic (exact) mass is 290 g/mol. The molecule has 1 unspecified atom stereocenters. The van der Waals surface area contributed by atoms with Crippen molar-refractivity contribution < 1.29 is 13.5 Å². The molecule has 0 aromatic heterocycles. The van der Waals surface area contributed by atoms with E-state index in [-0.39, 0.29) is 24.4 Å². The van der Waals surface area contributed by atoms with Gasteiger partial charge in [0.15, 0.2) is 0 Å². The predicted molar refractivity (Wildman–Crippen MR) is 75.5 cm³/mol. The molecule has 1 atom stereocenters. The fourth-order valence-electron chi connectivity index (χ4n) is 3.17. The van der Waals surface area contributed by atoms with Crippen LogP contribution >= 0.6 is 0 Å². The number of hydrogen-bond donors (Lipinski definition) is 2. The first kappa shape index (κ1) is 15.2. The first-order valence-corrected chi connectivity index (χ1v) is 8.98. The maximum Gasteiger partial charge on any atom is 0.217 e. The Morgan fingerprint density at radius 3 is 2.42 bits per heavy atom. The molecular formula is C13H26N2O3S. The molecule has 1 saturated carbocycles. The number of nitrogens with zero attached hydrogens (tertiary/aromatic N) is 1. The zero-order chi connectivity index (χ0) is 13.7. The van der Waals surface area contributed by atoms with Crippen LogP contribution in [0.15, 0.2) is 0 Å².